The van der Waals surface area contributed by atoms with Crippen LogP contribution in [0.1, 0.15) is 33.8 Å². The zero-order valence-electron chi connectivity index (χ0n) is 14.2. The van der Waals surface area contributed by atoms with Gasteiger partial charge in [-0.1, -0.05) is 60.7 Å². The van der Waals surface area contributed by atoms with Crippen molar-refractivity contribution in [1.82, 2.24) is 4.98 Å². The van der Waals surface area contributed by atoms with Crippen molar-refractivity contribution in [3.05, 3.63) is 108 Å². The third kappa shape index (κ3) is 3.16. The standard InChI is InChI=1S/C23H18FNO/c24-18-12-10-16(11-13-18)20(14-23(26)17-6-2-1-3-7-17)21-15-25-22-9-5-4-8-19(21)22/h1-13,15,20,25H,14H2/t20-/m1/s1. The number of rotatable bonds is 5. The van der Waals surface area contributed by atoms with E-state index in [1.54, 1.807) is 12.1 Å². The lowest BCUT2D eigenvalue weighted by molar-refractivity contribution is 0.0978. The predicted octanol–water partition coefficient (Wildman–Crippen LogP) is 5.71. The van der Waals surface area contributed by atoms with Crippen molar-refractivity contribution in [3.63, 3.8) is 0 Å². The lowest BCUT2D eigenvalue weighted by Crippen LogP contribution is -2.09. The van der Waals surface area contributed by atoms with E-state index in [0.29, 0.717) is 12.0 Å². The quantitative estimate of drug-likeness (QED) is 0.462. The van der Waals surface area contributed by atoms with Crippen LogP contribution in [0.4, 0.5) is 4.39 Å². The van der Waals surface area contributed by atoms with Crippen LogP contribution >= 0.6 is 0 Å². The molecule has 0 aliphatic rings. The molecule has 1 atom stereocenters. The average molecular weight is 343 g/mol. The molecule has 3 heteroatoms. The Kier molecular flexibility index (Phi) is 4.36. The summed E-state index contributed by atoms with van der Waals surface area (Å²) in [5, 5.41) is 1.09. The summed E-state index contributed by atoms with van der Waals surface area (Å²) in [6.45, 7) is 0. The second kappa shape index (κ2) is 6.96. The fraction of sp³-hybridized carbons (Fsp3) is 0.0870. The fourth-order valence-corrected chi connectivity index (χ4v) is 3.41. The molecule has 26 heavy (non-hydrogen) atoms. The third-order valence-corrected chi connectivity index (χ3v) is 4.75. The molecule has 1 N–H and O–H groups in total. The number of H-pyrrole nitrogens is 1. The minimum atomic E-state index is -0.277. The Morgan fingerprint density at radius 1 is 0.885 bits per heavy atom. The number of benzene rings is 3. The second-order valence-corrected chi connectivity index (χ2v) is 6.39. The first-order valence-electron chi connectivity index (χ1n) is 8.62. The Morgan fingerprint density at radius 3 is 2.35 bits per heavy atom. The van der Waals surface area contributed by atoms with Crippen LogP contribution in [-0.2, 0) is 0 Å². The molecule has 4 aromatic rings. The largest absolute Gasteiger partial charge is 0.361 e. The van der Waals surface area contributed by atoms with Crippen molar-refractivity contribution in [1.29, 1.82) is 0 Å². The van der Waals surface area contributed by atoms with Gasteiger partial charge in [0.25, 0.3) is 0 Å². The summed E-state index contributed by atoms with van der Waals surface area (Å²) in [7, 11) is 0. The smallest absolute Gasteiger partial charge is 0.163 e. The Balaban J connectivity index is 1.77. The molecular formula is C23H18FNO. The van der Waals surface area contributed by atoms with Crippen molar-refractivity contribution < 1.29 is 9.18 Å². The maximum atomic E-state index is 13.4. The minimum Gasteiger partial charge on any atom is -0.361 e. The van der Waals surface area contributed by atoms with E-state index in [4.69, 9.17) is 0 Å². The first-order chi connectivity index (χ1) is 12.7. The number of nitrogens with one attached hydrogen (secondary N) is 1. The normalized spacial score (nSPS) is 12.2. The molecule has 1 heterocycles. The molecule has 0 radical (unpaired) electrons. The molecule has 0 saturated heterocycles. The summed E-state index contributed by atoms with van der Waals surface area (Å²) in [5.41, 5.74) is 3.71. The van der Waals surface area contributed by atoms with Gasteiger partial charge in [-0.25, -0.2) is 4.39 Å². The van der Waals surface area contributed by atoms with Gasteiger partial charge in [0, 0.05) is 35.0 Å². The molecule has 3 aromatic carbocycles. The van der Waals surface area contributed by atoms with Crippen LogP contribution in [0.5, 0.6) is 0 Å². The number of carbonyl (C=O) groups is 1. The van der Waals surface area contributed by atoms with Crippen molar-refractivity contribution in [2.24, 2.45) is 0 Å². The monoisotopic (exact) mass is 343 g/mol. The molecule has 1 aromatic heterocycles. The lowest BCUT2D eigenvalue weighted by Gasteiger charge is -2.17. The summed E-state index contributed by atoms with van der Waals surface area (Å²) in [4.78, 5) is 16.1. The molecule has 128 valence electrons. The van der Waals surface area contributed by atoms with Gasteiger partial charge in [0.05, 0.1) is 0 Å². The summed E-state index contributed by atoms with van der Waals surface area (Å²) >= 11 is 0. The van der Waals surface area contributed by atoms with E-state index in [1.165, 1.54) is 12.1 Å². The summed E-state index contributed by atoms with van der Waals surface area (Å²) in [6.07, 6.45) is 2.29. The van der Waals surface area contributed by atoms with Crippen molar-refractivity contribution in [3.8, 4) is 0 Å². The second-order valence-electron chi connectivity index (χ2n) is 6.39. The van der Waals surface area contributed by atoms with Crippen LogP contribution < -0.4 is 0 Å². The number of fused-ring (bicyclic) bond motifs is 1. The van der Waals surface area contributed by atoms with Crippen LogP contribution in [0, 0.1) is 5.82 Å². The van der Waals surface area contributed by atoms with E-state index in [1.807, 2.05) is 60.8 Å². The molecule has 2 nitrogen and oxygen atoms in total. The molecule has 0 spiro atoms. The van der Waals surface area contributed by atoms with Gasteiger partial charge >= 0.3 is 0 Å². The zero-order chi connectivity index (χ0) is 17.9. The number of hydrogen-bond donors (Lipinski definition) is 1. The molecule has 4 rings (SSSR count). The Bertz CT molecular complexity index is 1030. The van der Waals surface area contributed by atoms with Gasteiger partial charge in [0.2, 0.25) is 0 Å². The van der Waals surface area contributed by atoms with Gasteiger partial charge < -0.3 is 4.98 Å². The maximum Gasteiger partial charge on any atom is 0.163 e. The van der Waals surface area contributed by atoms with Crippen molar-refractivity contribution in [2.75, 3.05) is 0 Å². The number of hydrogen-bond acceptors (Lipinski definition) is 1. The van der Waals surface area contributed by atoms with Crippen LogP contribution in [-0.4, -0.2) is 10.8 Å². The number of Topliss-reactive ketones (excluding diaryl/α,β-unsaturated/α-hetero) is 1. The molecule has 0 bridgehead atoms. The molecule has 0 aliphatic carbocycles. The van der Waals surface area contributed by atoms with Gasteiger partial charge in [-0.05, 0) is 29.3 Å². The number of ketones is 1. The first kappa shape index (κ1) is 16.3. The molecule has 0 amide bonds. The maximum absolute atomic E-state index is 13.4. The molecule has 0 fully saturated rings. The SMILES string of the molecule is O=C(C[C@H](c1ccc(F)cc1)c1c[nH]c2ccccc12)c1ccccc1. The van der Waals surface area contributed by atoms with Gasteiger partial charge in [-0.2, -0.15) is 0 Å². The number of aromatic amines is 1. The van der Waals surface area contributed by atoms with Gasteiger partial charge in [-0.15, -0.1) is 0 Å². The topological polar surface area (TPSA) is 32.9 Å². The van der Waals surface area contributed by atoms with Crippen molar-refractivity contribution in [2.45, 2.75) is 12.3 Å². The highest BCUT2D eigenvalue weighted by Crippen LogP contribution is 2.34. The molecule has 0 aliphatic heterocycles. The van der Waals surface area contributed by atoms with E-state index < -0.39 is 0 Å². The Labute approximate surface area is 151 Å². The van der Waals surface area contributed by atoms with Crippen LogP contribution in [0.3, 0.4) is 0 Å². The van der Waals surface area contributed by atoms with E-state index in [9.17, 15) is 9.18 Å². The van der Waals surface area contributed by atoms with Crippen molar-refractivity contribution >= 4 is 16.7 Å². The third-order valence-electron chi connectivity index (χ3n) is 4.75. The van der Waals surface area contributed by atoms with Crippen LogP contribution in [0.15, 0.2) is 85.1 Å². The summed E-state index contributed by atoms with van der Waals surface area (Å²) in [5.74, 6) is -0.342. The highest BCUT2D eigenvalue weighted by atomic mass is 19.1. The first-order valence-corrected chi connectivity index (χ1v) is 8.62. The van der Waals surface area contributed by atoms with Crippen LogP contribution in [0.25, 0.3) is 10.9 Å². The predicted molar refractivity (Wildman–Crippen MR) is 102 cm³/mol. The van der Waals surface area contributed by atoms with E-state index in [-0.39, 0.29) is 17.5 Å². The Hall–Kier alpha value is -3.20. The molecule has 0 unspecified atom stereocenters. The van der Waals surface area contributed by atoms with E-state index in [2.05, 4.69) is 4.98 Å². The zero-order valence-corrected chi connectivity index (χ0v) is 14.2. The highest BCUT2D eigenvalue weighted by molar-refractivity contribution is 5.97. The van der Waals surface area contributed by atoms with Gasteiger partial charge in [0.15, 0.2) is 5.78 Å². The fourth-order valence-electron chi connectivity index (χ4n) is 3.41. The number of carbonyl (C=O) groups excluding carboxylic acids is 1. The van der Waals surface area contributed by atoms with E-state index in [0.717, 1.165) is 22.0 Å². The molecule has 0 saturated carbocycles. The van der Waals surface area contributed by atoms with Gasteiger partial charge in [0.1, 0.15) is 5.82 Å². The summed E-state index contributed by atoms with van der Waals surface area (Å²) < 4.78 is 13.4. The lowest BCUT2D eigenvalue weighted by atomic mass is 9.85. The number of para-hydroxylation sites is 1. The van der Waals surface area contributed by atoms with Gasteiger partial charge in [-0.3, -0.25) is 4.79 Å². The number of halogens is 1. The average Bonchev–Trinajstić information content (AvgIpc) is 3.11. The molecular weight excluding hydrogens is 325 g/mol. The van der Waals surface area contributed by atoms with Crippen LogP contribution in [0.2, 0.25) is 0 Å². The highest BCUT2D eigenvalue weighted by Gasteiger charge is 2.22. The summed E-state index contributed by atoms with van der Waals surface area (Å²) in [6, 6.07) is 23.7. The number of aromatic nitrogens is 1. The minimum absolute atomic E-state index is 0.0743. The van der Waals surface area contributed by atoms with E-state index >= 15 is 0 Å². The Morgan fingerprint density at radius 2 is 1.58 bits per heavy atom.